The van der Waals surface area contributed by atoms with Crippen molar-refractivity contribution in [3.8, 4) is 0 Å². The maximum absolute atomic E-state index is 11.8. The molecule has 102 valence electrons. The number of rotatable bonds is 5. The predicted octanol–water partition coefficient (Wildman–Crippen LogP) is 1.53. The first kappa shape index (κ1) is 15.3. The molecule has 0 heterocycles. The number of hydrogen-bond acceptors (Lipinski definition) is 4. The van der Waals surface area contributed by atoms with Gasteiger partial charge in [-0.25, -0.2) is 0 Å². The van der Waals surface area contributed by atoms with Gasteiger partial charge >= 0.3 is 113 Å². The number of hydrogen-bond donors (Lipinski definition) is 1. The van der Waals surface area contributed by atoms with Gasteiger partial charge in [-0.2, -0.15) is 0 Å². The van der Waals surface area contributed by atoms with E-state index in [1.54, 1.807) is 19.1 Å². The molecule has 0 saturated heterocycles. The average Bonchev–Trinajstić information content (AvgIpc) is 2.38. The monoisotopic (exact) mass is 262 g/mol. The molecule has 5 heteroatoms. The standard InChI is InChI=1S/C14H19BO4/c1-4-18-14(16)13(19-10(2)3)9-11-6-5-7-12(8-11)15-17/h5-6,8-10,17H,4,7H2,1-3H3. The van der Waals surface area contributed by atoms with E-state index < -0.39 is 5.97 Å². The molecule has 1 aliphatic rings. The van der Waals surface area contributed by atoms with Crippen molar-refractivity contribution in [3.05, 3.63) is 35.6 Å². The summed E-state index contributed by atoms with van der Waals surface area (Å²) < 4.78 is 10.4. The molecule has 0 spiro atoms. The SMILES string of the molecule is CCOC(=O)C(=CC1=C/C(=B/O)CC=C1)OC(C)C. The van der Waals surface area contributed by atoms with Crippen molar-refractivity contribution in [1.82, 2.24) is 0 Å². The van der Waals surface area contributed by atoms with Gasteiger partial charge < -0.3 is 0 Å². The first-order valence-electron chi connectivity index (χ1n) is 6.33. The van der Waals surface area contributed by atoms with Crippen molar-refractivity contribution < 1.29 is 19.3 Å². The van der Waals surface area contributed by atoms with Gasteiger partial charge in [0, 0.05) is 0 Å². The minimum absolute atomic E-state index is 0.114. The molecule has 4 nitrogen and oxygen atoms in total. The van der Waals surface area contributed by atoms with Crippen LogP contribution in [0, 0.1) is 0 Å². The van der Waals surface area contributed by atoms with Gasteiger partial charge in [-0.1, -0.05) is 0 Å². The van der Waals surface area contributed by atoms with Crippen LogP contribution in [0.3, 0.4) is 0 Å². The second kappa shape index (κ2) is 7.61. The molecule has 0 aromatic carbocycles. The van der Waals surface area contributed by atoms with Gasteiger partial charge in [0.2, 0.25) is 0 Å². The van der Waals surface area contributed by atoms with Crippen LogP contribution < -0.4 is 0 Å². The molecule has 0 unspecified atom stereocenters. The topological polar surface area (TPSA) is 55.8 Å². The Kier molecular flexibility index (Phi) is 6.12. The summed E-state index contributed by atoms with van der Waals surface area (Å²) in [5.41, 5.74) is 1.57. The number of carbonyl (C=O) groups excluding carboxylic acids is 1. The Morgan fingerprint density at radius 1 is 1.58 bits per heavy atom. The van der Waals surface area contributed by atoms with Crippen molar-refractivity contribution in [2.24, 2.45) is 0 Å². The van der Waals surface area contributed by atoms with Crippen LogP contribution in [0.15, 0.2) is 35.6 Å². The number of ether oxygens (including phenoxy) is 2. The maximum atomic E-state index is 11.8. The van der Waals surface area contributed by atoms with E-state index in [9.17, 15) is 4.79 Å². The Balaban J connectivity index is 2.96. The third kappa shape index (κ3) is 5.16. The van der Waals surface area contributed by atoms with Gasteiger partial charge in [-0.15, -0.1) is 0 Å². The third-order valence-electron chi connectivity index (χ3n) is 2.32. The Morgan fingerprint density at radius 3 is 2.89 bits per heavy atom. The van der Waals surface area contributed by atoms with Crippen LogP contribution in [0.25, 0.3) is 0 Å². The molecule has 0 bridgehead atoms. The van der Waals surface area contributed by atoms with E-state index in [-0.39, 0.29) is 11.9 Å². The van der Waals surface area contributed by atoms with Gasteiger partial charge in [0.05, 0.1) is 0 Å². The molecule has 1 aliphatic carbocycles. The van der Waals surface area contributed by atoms with Crippen LogP contribution >= 0.6 is 0 Å². The summed E-state index contributed by atoms with van der Waals surface area (Å²) in [4.78, 5) is 11.8. The molecule has 1 N–H and O–H groups in total. The number of allylic oxidation sites excluding steroid dienone is 5. The van der Waals surface area contributed by atoms with E-state index in [1.165, 1.54) is 0 Å². The van der Waals surface area contributed by atoms with Crippen LogP contribution in [-0.2, 0) is 14.3 Å². The van der Waals surface area contributed by atoms with Crippen LogP contribution in [-0.4, -0.2) is 36.3 Å². The van der Waals surface area contributed by atoms with Crippen LogP contribution in [0.1, 0.15) is 27.2 Å². The fraction of sp³-hybridized carbons (Fsp3) is 0.429. The molecule has 0 aromatic rings. The fourth-order valence-electron chi connectivity index (χ4n) is 1.58. The number of carbonyl (C=O) groups is 1. The van der Waals surface area contributed by atoms with Crippen molar-refractivity contribution in [3.63, 3.8) is 0 Å². The van der Waals surface area contributed by atoms with Crippen molar-refractivity contribution in [1.29, 1.82) is 0 Å². The summed E-state index contributed by atoms with van der Waals surface area (Å²) in [6, 6.07) is 0. The van der Waals surface area contributed by atoms with Crippen molar-refractivity contribution in [2.75, 3.05) is 6.61 Å². The quantitative estimate of drug-likeness (QED) is 0.353. The summed E-state index contributed by atoms with van der Waals surface area (Å²) in [6.45, 7) is 5.74. The van der Waals surface area contributed by atoms with E-state index in [0.717, 1.165) is 18.2 Å². The zero-order valence-corrected chi connectivity index (χ0v) is 11.6. The van der Waals surface area contributed by atoms with Crippen LogP contribution in [0.4, 0.5) is 0 Å². The van der Waals surface area contributed by atoms with Gasteiger partial charge in [-0.05, 0) is 0 Å². The van der Waals surface area contributed by atoms with Crippen molar-refractivity contribution in [2.45, 2.75) is 33.3 Å². The Labute approximate surface area is 114 Å². The van der Waals surface area contributed by atoms with Crippen LogP contribution in [0.5, 0.6) is 0 Å². The van der Waals surface area contributed by atoms with E-state index in [4.69, 9.17) is 14.5 Å². The van der Waals surface area contributed by atoms with E-state index >= 15 is 0 Å². The van der Waals surface area contributed by atoms with Gasteiger partial charge in [0.25, 0.3) is 0 Å². The van der Waals surface area contributed by atoms with Crippen LogP contribution in [0.2, 0.25) is 0 Å². The summed E-state index contributed by atoms with van der Waals surface area (Å²) in [5.74, 6) is -0.308. The molecule has 0 amide bonds. The summed E-state index contributed by atoms with van der Waals surface area (Å²) in [6.07, 6.45) is 7.76. The zero-order chi connectivity index (χ0) is 14.3. The molecular formula is C14H19BO4. The predicted molar refractivity (Wildman–Crippen MR) is 75.8 cm³/mol. The average molecular weight is 262 g/mol. The molecule has 0 saturated carbocycles. The number of esters is 1. The van der Waals surface area contributed by atoms with E-state index in [0.29, 0.717) is 13.0 Å². The molecular weight excluding hydrogens is 243 g/mol. The Hall–Kier alpha value is -1.78. The van der Waals surface area contributed by atoms with E-state index in [1.807, 2.05) is 26.0 Å². The molecule has 19 heavy (non-hydrogen) atoms. The Bertz CT molecular complexity index is 444. The normalized spacial score (nSPS) is 17.2. The summed E-state index contributed by atoms with van der Waals surface area (Å²) >= 11 is 0. The molecule has 1 rings (SSSR count). The zero-order valence-electron chi connectivity index (χ0n) is 11.6. The molecule has 0 aromatic heterocycles. The first-order chi connectivity index (χ1) is 9.06. The van der Waals surface area contributed by atoms with Crippen molar-refractivity contribution >= 4 is 18.6 Å². The van der Waals surface area contributed by atoms with Gasteiger partial charge in [0.15, 0.2) is 0 Å². The summed E-state index contributed by atoms with van der Waals surface area (Å²) in [7, 11) is 1.06. The summed E-state index contributed by atoms with van der Waals surface area (Å²) in [5, 5.41) is 9.00. The first-order valence-corrected chi connectivity index (χ1v) is 6.33. The molecule has 0 aliphatic heterocycles. The fourth-order valence-corrected chi connectivity index (χ4v) is 1.58. The second-order valence-corrected chi connectivity index (χ2v) is 4.35. The third-order valence-corrected chi connectivity index (χ3v) is 2.32. The molecule has 0 atom stereocenters. The molecule has 0 fully saturated rings. The second-order valence-electron chi connectivity index (χ2n) is 4.35. The minimum atomic E-state index is -0.481. The van der Waals surface area contributed by atoms with E-state index in [2.05, 4.69) is 0 Å². The van der Waals surface area contributed by atoms with Gasteiger partial charge in [0.1, 0.15) is 0 Å². The molecule has 0 radical (unpaired) electrons. The Morgan fingerprint density at radius 2 is 2.32 bits per heavy atom. The van der Waals surface area contributed by atoms with Gasteiger partial charge in [-0.3, -0.25) is 0 Å².